The van der Waals surface area contributed by atoms with Crippen molar-refractivity contribution in [2.75, 3.05) is 22.9 Å². The molecule has 2 fully saturated rings. The molecule has 2 aliphatic rings. The molecule has 212 valence electrons. The Kier molecular flexibility index (Phi) is 7.29. The van der Waals surface area contributed by atoms with Gasteiger partial charge in [0.2, 0.25) is 0 Å². The number of hydrogen-bond donors (Lipinski definition) is 1. The number of urea groups is 1. The van der Waals surface area contributed by atoms with Gasteiger partial charge in [-0.15, -0.1) is 0 Å². The second kappa shape index (κ2) is 11.1. The average Bonchev–Trinajstić information content (AvgIpc) is 3.21. The Labute approximate surface area is 250 Å². The number of amides is 3. The molecule has 11 heteroatoms. The first kappa shape index (κ1) is 27.7. The number of aryl methyl sites for hydroxylation is 1. The average molecular weight is 627 g/mol. The minimum Gasteiger partial charge on any atom is -0.478 e. The van der Waals surface area contributed by atoms with Crippen LogP contribution in [0.5, 0.6) is 0 Å². The molecule has 10 nitrogen and oxygen atoms in total. The summed E-state index contributed by atoms with van der Waals surface area (Å²) in [5, 5.41) is 9.26. The maximum atomic E-state index is 14.3. The number of piperidine rings is 1. The van der Waals surface area contributed by atoms with E-state index in [1.54, 1.807) is 48.7 Å². The highest BCUT2D eigenvalue weighted by atomic mass is 79.9. The standard InChI is InChI=1S/C31H27BrN6O4/c1-20-3-2-14-33-26(20)18-36-15-12-31(13-16-36)29(41)37(24-10-8-23(32)9-11-24)30(42)38(31)27-17-25(34-19-35-27)21-4-6-22(7-5-21)28(39)40/h2-11,14,17,19H,12-13,15-16,18H2,1H3,(H,39,40). The van der Waals surface area contributed by atoms with Gasteiger partial charge in [0.05, 0.1) is 22.6 Å². The van der Waals surface area contributed by atoms with Gasteiger partial charge < -0.3 is 5.11 Å². The minimum absolute atomic E-state index is 0.157. The summed E-state index contributed by atoms with van der Waals surface area (Å²) in [4.78, 5) is 58.1. The van der Waals surface area contributed by atoms with Gasteiger partial charge in [0.15, 0.2) is 0 Å². The molecule has 0 bridgehead atoms. The summed E-state index contributed by atoms with van der Waals surface area (Å²) in [6, 6.07) is 18.6. The number of benzene rings is 2. The monoisotopic (exact) mass is 626 g/mol. The van der Waals surface area contributed by atoms with Crippen molar-refractivity contribution in [2.45, 2.75) is 31.8 Å². The van der Waals surface area contributed by atoms with Crippen LogP contribution in [-0.4, -0.2) is 61.5 Å². The van der Waals surface area contributed by atoms with E-state index >= 15 is 0 Å². The molecule has 0 aliphatic carbocycles. The summed E-state index contributed by atoms with van der Waals surface area (Å²) in [7, 11) is 0. The van der Waals surface area contributed by atoms with E-state index in [-0.39, 0.29) is 11.5 Å². The Morgan fingerprint density at radius 1 is 0.976 bits per heavy atom. The van der Waals surface area contributed by atoms with Gasteiger partial charge in [-0.3, -0.25) is 19.6 Å². The van der Waals surface area contributed by atoms with Crippen LogP contribution in [0.1, 0.15) is 34.5 Å². The third kappa shape index (κ3) is 4.94. The number of anilines is 2. The first-order valence-corrected chi connectivity index (χ1v) is 14.3. The highest BCUT2D eigenvalue weighted by molar-refractivity contribution is 9.10. The Morgan fingerprint density at radius 2 is 1.69 bits per heavy atom. The highest BCUT2D eigenvalue weighted by Gasteiger charge is 2.59. The number of rotatable bonds is 6. The predicted octanol–water partition coefficient (Wildman–Crippen LogP) is 5.32. The Morgan fingerprint density at radius 3 is 2.36 bits per heavy atom. The zero-order chi connectivity index (χ0) is 29.4. The van der Waals surface area contributed by atoms with Crippen molar-refractivity contribution >= 4 is 45.3 Å². The molecule has 3 amide bonds. The smallest absolute Gasteiger partial charge is 0.338 e. The third-order valence-corrected chi connectivity index (χ3v) is 8.51. The summed E-state index contributed by atoms with van der Waals surface area (Å²) in [5.41, 5.74) is 2.80. The van der Waals surface area contributed by atoms with Gasteiger partial charge in [-0.05, 0) is 67.8 Å². The van der Waals surface area contributed by atoms with Gasteiger partial charge in [0, 0.05) is 41.9 Å². The molecule has 42 heavy (non-hydrogen) atoms. The summed E-state index contributed by atoms with van der Waals surface area (Å²) >= 11 is 3.43. The second-order valence-corrected chi connectivity index (χ2v) is 11.4. The number of imide groups is 1. The van der Waals surface area contributed by atoms with Crippen LogP contribution in [0.25, 0.3) is 11.3 Å². The molecule has 0 atom stereocenters. The van der Waals surface area contributed by atoms with E-state index in [2.05, 4.69) is 35.8 Å². The number of nitrogens with zero attached hydrogens (tertiary/aromatic N) is 6. The predicted molar refractivity (Wildman–Crippen MR) is 160 cm³/mol. The number of aromatic carboxylic acids is 1. The number of aromatic nitrogens is 3. The van der Waals surface area contributed by atoms with Gasteiger partial charge >= 0.3 is 12.0 Å². The largest absolute Gasteiger partial charge is 0.478 e. The van der Waals surface area contributed by atoms with Gasteiger partial charge in [-0.25, -0.2) is 24.5 Å². The van der Waals surface area contributed by atoms with Crippen LogP contribution in [0.2, 0.25) is 0 Å². The van der Waals surface area contributed by atoms with Gasteiger partial charge in [0.25, 0.3) is 5.91 Å². The van der Waals surface area contributed by atoms with Crippen LogP contribution in [0.15, 0.2) is 83.7 Å². The van der Waals surface area contributed by atoms with Crippen LogP contribution in [-0.2, 0) is 11.3 Å². The van der Waals surface area contributed by atoms with Crippen LogP contribution < -0.4 is 9.80 Å². The van der Waals surface area contributed by atoms with Gasteiger partial charge in [0.1, 0.15) is 17.7 Å². The Bertz CT molecular complexity index is 1670. The van der Waals surface area contributed by atoms with Crippen LogP contribution in [0, 0.1) is 6.92 Å². The zero-order valence-corrected chi connectivity index (χ0v) is 24.4. The fraction of sp³-hybridized carbons (Fsp3) is 0.226. The molecule has 0 unspecified atom stereocenters. The van der Waals surface area contributed by atoms with Gasteiger partial charge in [-0.2, -0.15) is 0 Å². The van der Waals surface area contributed by atoms with E-state index in [0.29, 0.717) is 55.2 Å². The lowest BCUT2D eigenvalue weighted by Gasteiger charge is -2.41. The quantitative estimate of drug-likeness (QED) is 0.286. The molecule has 2 aromatic heterocycles. The van der Waals surface area contributed by atoms with Crippen molar-refractivity contribution in [3.8, 4) is 11.3 Å². The van der Waals surface area contributed by atoms with E-state index in [4.69, 9.17) is 0 Å². The topological polar surface area (TPSA) is 120 Å². The number of hydrogen-bond acceptors (Lipinski definition) is 7. The van der Waals surface area contributed by atoms with E-state index in [0.717, 1.165) is 15.7 Å². The minimum atomic E-state index is -1.13. The molecular formula is C31H27BrN6O4. The van der Waals surface area contributed by atoms with Gasteiger partial charge in [-0.1, -0.05) is 34.1 Å². The summed E-state index contributed by atoms with van der Waals surface area (Å²) in [6.45, 7) is 3.88. The molecular weight excluding hydrogens is 600 g/mol. The van der Waals surface area contributed by atoms with E-state index < -0.39 is 17.5 Å². The molecule has 2 aromatic carbocycles. The molecule has 2 saturated heterocycles. The SMILES string of the molecule is Cc1cccnc1CN1CCC2(CC1)C(=O)N(c1ccc(Br)cc1)C(=O)N2c1cc(-c2ccc(C(=O)O)cc2)ncn1. The normalized spacial score (nSPS) is 16.8. The first-order valence-electron chi connectivity index (χ1n) is 13.5. The molecule has 4 aromatic rings. The maximum Gasteiger partial charge on any atom is 0.338 e. The lowest BCUT2D eigenvalue weighted by Crippen LogP contribution is -2.57. The fourth-order valence-corrected chi connectivity index (χ4v) is 5.90. The van der Waals surface area contributed by atoms with Crippen LogP contribution in [0.4, 0.5) is 16.3 Å². The second-order valence-electron chi connectivity index (χ2n) is 10.5. The summed E-state index contributed by atoms with van der Waals surface area (Å²) < 4.78 is 0.837. The number of carboxylic acid groups (broad SMARTS) is 1. The maximum absolute atomic E-state index is 14.3. The van der Waals surface area contributed by atoms with E-state index in [9.17, 15) is 19.5 Å². The number of likely N-dealkylation sites (tertiary alicyclic amines) is 1. The number of carbonyl (C=O) groups excluding carboxylic acids is 2. The van der Waals surface area contributed by atoms with Crippen molar-refractivity contribution in [3.05, 3.63) is 101 Å². The lowest BCUT2D eigenvalue weighted by atomic mass is 9.85. The van der Waals surface area contributed by atoms with Crippen molar-refractivity contribution in [1.82, 2.24) is 19.9 Å². The fourth-order valence-electron chi connectivity index (χ4n) is 5.63. The number of pyridine rings is 1. The Hall–Kier alpha value is -4.48. The van der Waals surface area contributed by atoms with Crippen LogP contribution >= 0.6 is 15.9 Å². The van der Waals surface area contributed by atoms with Crippen molar-refractivity contribution in [2.24, 2.45) is 0 Å². The van der Waals surface area contributed by atoms with E-state index in [1.807, 2.05) is 19.1 Å². The molecule has 4 heterocycles. The third-order valence-electron chi connectivity index (χ3n) is 7.98. The number of halogens is 1. The molecule has 1 spiro atoms. The first-order chi connectivity index (χ1) is 20.3. The lowest BCUT2D eigenvalue weighted by molar-refractivity contribution is -0.123. The summed E-state index contributed by atoms with van der Waals surface area (Å²) in [6.07, 6.45) is 3.99. The Balaban J connectivity index is 1.36. The molecule has 1 N–H and O–H groups in total. The molecule has 0 saturated carbocycles. The zero-order valence-electron chi connectivity index (χ0n) is 22.8. The molecule has 2 aliphatic heterocycles. The molecule has 6 rings (SSSR count). The van der Waals surface area contributed by atoms with Crippen molar-refractivity contribution in [3.63, 3.8) is 0 Å². The van der Waals surface area contributed by atoms with Crippen LogP contribution in [0.3, 0.4) is 0 Å². The number of carboxylic acids is 1. The van der Waals surface area contributed by atoms with Crippen molar-refractivity contribution < 1.29 is 19.5 Å². The van der Waals surface area contributed by atoms with Crippen molar-refractivity contribution in [1.29, 1.82) is 0 Å². The number of carbonyl (C=O) groups is 3. The molecule has 0 radical (unpaired) electrons. The highest BCUT2D eigenvalue weighted by Crippen LogP contribution is 2.42. The van der Waals surface area contributed by atoms with E-state index in [1.165, 1.54) is 28.3 Å². The summed E-state index contributed by atoms with van der Waals surface area (Å²) in [5.74, 6) is -0.991.